The first kappa shape index (κ1) is 23.9. The molecule has 0 radical (unpaired) electrons. The van der Waals surface area contributed by atoms with Gasteiger partial charge in [-0.2, -0.15) is 0 Å². The Labute approximate surface area is 175 Å². The van der Waals surface area contributed by atoms with Crippen molar-refractivity contribution in [3.8, 4) is 0 Å². The second-order valence-corrected chi connectivity index (χ2v) is 6.86. The van der Waals surface area contributed by atoms with E-state index in [-0.39, 0.29) is 24.0 Å². The number of hydrogen-bond acceptors (Lipinski definition) is 5. The molecule has 2 saturated heterocycles. The van der Waals surface area contributed by atoms with E-state index in [1.54, 1.807) is 7.11 Å². The van der Waals surface area contributed by atoms with Crippen LogP contribution < -0.4 is 10.6 Å². The molecule has 2 fully saturated rings. The average molecular weight is 484 g/mol. The summed E-state index contributed by atoms with van der Waals surface area (Å²) in [6, 6.07) is 0.575. The van der Waals surface area contributed by atoms with Crippen LogP contribution in [0.5, 0.6) is 0 Å². The Balaban J connectivity index is 0.00000338. The molecular formula is C18H37IN4O3. The third-order valence-electron chi connectivity index (χ3n) is 4.95. The van der Waals surface area contributed by atoms with E-state index >= 15 is 0 Å². The van der Waals surface area contributed by atoms with Crippen LogP contribution in [0.1, 0.15) is 25.7 Å². The van der Waals surface area contributed by atoms with Gasteiger partial charge < -0.3 is 24.8 Å². The minimum absolute atomic E-state index is 0. The molecule has 0 aliphatic carbocycles. The fourth-order valence-corrected chi connectivity index (χ4v) is 3.41. The lowest BCUT2D eigenvalue weighted by molar-refractivity contribution is 0.0888. The molecule has 2 atom stereocenters. The van der Waals surface area contributed by atoms with Gasteiger partial charge in [0.2, 0.25) is 0 Å². The number of likely N-dealkylation sites (tertiary alicyclic amines) is 1. The number of methoxy groups -OCH3 is 1. The molecule has 2 unspecified atom stereocenters. The van der Waals surface area contributed by atoms with Crippen LogP contribution in [-0.4, -0.2) is 90.3 Å². The Morgan fingerprint density at radius 1 is 1.27 bits per heavy atom. The fraction of sp³-hybridized carbons (Fsp3) is 0.944. The lowest BCUT2D eigenvalue weighted by Gasteiger charge is -2.25. The van der Waals surface area contributed by atoms with Crippen molar-refractivity contribution in [2.24, 2.45) is 10.9 Å². The molecule has 2 aliphatic heterocycles. The van der Waals surface area contributed by atoms with Crippen molar-refractivity contribution in [2.45, 2.75) is 31.7 Å². The highest BCUT2D eigenvalue weighted by Crippen LogP contribution is 2.15. The number of ether oxygens (including phenoxy) is 3. The maximum atomic E-state index is 5.73. The Morgan fingerprint density at radius 2 is 2.15 bits per heavy atom. The number of rotatable bonds is 11. The average Bonchev–Trinajstić information content (AvgIpc) is 3.30. The summed E-state index contributed by atoms with van der Waals surface area (Å²) in [5.41, 5.74) is 0. The molecule has 0 aromatic carbocycles. The SMILES string of the molecule is CN=C(NCCCOCC1CCOC1)NCC1CCCN1CCOC.I. The predicted octanol–water partition coefficient (Wildman–Crippen LogP) is 1.32. The van der Waals surface area contributed by atoms with Gasteiger partial charge in [-0.3, -0.25) is 9.89 Å². The van der Waals surface area contributed by atoms with Crippen molar-refractivity contribution >= 4 is 29.9 Å². The van der Waals surface area contributed by atoms with Crippen LogP contribution in [0.25, 0.3) is 0 Å². The van der Waals surface area contributed by atoms with Gasteiger partial charge in [-0.15, -0.1) is 24.0 Å². The van der Waals surface area contributed by atoms with E-state index in [0.29, 0.717) is 12.0 Å². The minimum atomic E-state index is 0. The van der Waals surface area contributed by atoms with Gasteiger partial charge in [0, 0.05) is 59.0 Å². The number of hydrogen-bond donors (Lipinski definition) is 2. The molecule has 2 N–H and O–H groups in total. The molecule has 0 amide bonds. The predicted molar refractivity (Wildman–Crippen MR) is 116 cm³/mol. The van der Waals surface area contributed by atoms with E-state index in [1.807, 2.05) is 7.05 Å². The van der Waals surface area contributed by atoms with Gasteiger partial charge in [0.1, 0.15) is 0 Å². The molecule has 8 heteroatoms. The number of aliphatic imine (C=N–C) groups is 1. The van der Waals surface area contributed by atoms with E-state index in [4.69, 9.17) is 14.2 Å². The summed E-state index contributed by atoms with van der Waals surface area (Å²) in [6.07, 6.45) is 4.63. The molecule has 0 spiro atoms. The van der Waals surface area contributed by atoms with Gasteiger partial charge >= 0.3 is 0 Å². The maximum Gasteiger partial charge on any atom is 0.191 e. The zero-order chi connectivity index (χ0) is 17.7. The highest BCUT2D eigenvalue weighted by atomic mass is 127. The second kappa shape index (κ2) is 14.8. The van der Waals surface area contributed by atoms with E-state index in [1.165, 1.54) is 19.4 Å². The zero-order valence-electron chi connectivity index (χ0n) is 16.4. The summed E-state index contributed by atoms with van der Waals surface area (Å²) in [4.78, 5) is 6.82. The van der Waals surface area contributed by atoms with Crippen molar-refractivity contribution in [1.29, 1.82) is 0 Å². The van der Waals surface area contributed by atoms with Gasteiger partial charge in [0.25, 0.3) is 0 Å². The van der Waals surface area contributed by atoms with Crippen LogP contribution in [-0.2, 0) is 14.2 Å². The molecule has 26 heavy (non-hydrogen) atoms. The maximum absolute atomic E-state index is 5.73. The summed E-state index contributed by atoms with van der Waals surface area (Å²) in [6.45, 7) is 8.15. The summed E-state index contributed by atoms with van der Waals surface area (Å²) in [5.74, 6) is 1.47. The van der Waals surface area contributed by atoms with Crippen LogP contribution in [0, 0.1) is 5.92 Å². The lowest BCUT2D eigenvalue weighted by Crippen LogP contribution is -2.45. The standard InChI is InChI=1S/C18H36N4O3.HI/c1-19-18(20-7-4-10-24-14-16-6-11-25-15-16)21-13-17-5-3-8-22(17)9-12-23-2;/h16-17H,3-15H2,1-2H3,(H2,19,20,21);1H. The quantitative estimate of drug-likeness (QED) is 0.200. The number of nitrogens with one attached hydrogen (secondary N) is 2. The minimum Gasteiger partial charge on any atom is -0.383 e. The molecule has 2 aliphatic rings. The summed E-state index contributed by atoms with van der Waals surface area (Å²) < 4.78 is 16.3. The first-order valence-electron chi connectivity index (χ1n) is 9.66. The molecule has 7 nitrogen and oxygen atoms in total. The Morgan fingerprint density at radius 3 is 2.88 bits per heavy atom. The molecule has 154 valence electrons. The van der Waals surface area contributed by atoms with Crippen LogP contribution in [0.2, 0.25) is 0 Å². The van der Waals surface area contributed by atoms with Crippen molar-refractivity contribution in [3.05, 3.63) is 0 Å². The summed E-state index contributed by atoms with van der Waals surface area (Å²) >= 11 is 0. The highest BCUT2D eigenvalue weighted by Gasteiger charge is 2.23. The number of halogens is 1. The largest absolute Gasteiger partial charge is 0.383 e. The third-order valence-corrected chi connectivity index (χ3v) is 4.95. The van der Waals surface area contributed by atoms with E-state index < -0.39 is 0 Å². The van der Waals surface area contributed by atoms with Crippen LogP contribution >= 0.6 is 24.0 Å². The van der Waals surface area contributed by atoms with Gasteiger partial charge in [0.15, 0.2) is 5.96 Å². The summed E-state index contributed by atoms with van der Waals surface area (Å²) in [7, 11) is 3.59. The van der Waals surface area contributed by atoms with Crippen LogP contribution in [0.15, 0.2) is 4.99 Å². The van der Waals surface area contributed by atoms with Gasteiger partial charge in [0.05, 0.1) is 19.8 Å². The van der Waals surface area contributed by atoms with Crippen LogP contribution in [0.3, 0.4) is 0 Å². The van der Waals surface area contributed by atoms with Crippen molar-refractivity contribution in [3.63, 3.8) is 0 Å². The Kier molecular flexibility index (Phi) is 13.6. The van der Waals surface area contributed by atoms with Crippen LogP contribution in [0.4, 0.5) is 0 Å². The van der Waals surface area contributed by atoms with Gasteiger partial charge in [-0.05, 0) is 32.2 Å². The molecule has 0 saturated carbocycles. The smallest absolute Gasteiger partial charge is 0.191 e. The highest BCUT2D eigenvalue weighted by molar-refractivity contribution is 14.0. The fourth-order valence-electron chi connectivity index (χ4n) is 3.41. The lowest BCUT2D eigenvalue weighted by atomic mass is 10.1. The molecule has 0 aromatic heterocycles. The van der Waals surface area contributed by atoms with Crippen molar-refractivity contribution < 1.29 is 14.2 Å². The molecular weight excluding hydrogens is 447 g/mol. The van der Waals surface area contributed by atoms with Crippen molar-refractivity contribution in [1.82, 2.24) is 15.5 Å². The normalized spacial score (nSPS) is 23.8. The van der Waals surface area contributed by atoms with Gasteiger partial charge in [-0.25, -0.2) is 0 Å². The monoisotopic (exact) mass is 484 g/mol. The molecule has 2 heterocycles. The van der Waals surface area contributed by atoms with Gasteiger partial charge in [-0.1, -0.05) is 0 Å². The number of guanidine groups is 1. The number of nitrogens with zero attached hydrogens (tertiary/aromatic N) is 2. The second-order valence-electron chi connectivity index (χ2n) is 6.86. The molecule has 0 bridgehead atoms. The molecule has 2 rings (SSSR count). The van der Waals surface area contributed by atoms with Crippen molar-refractivity contribution in [2.75, 3.05) is 73.4 Å². The third kappa shape index (κ3) is 9.16. The first-order chi connectivity index (χ1) is 12.3. The Hall–Kier alpha value is -0.160. The summed E-state index contributed by atoms with van der Waals surface area (Å²) in [5, 5.41) is 6.82. The Bertz CT molecular complexity index is 381. The van der Waals surface area contributed by atoms with E-state index in [0.717, 1.165) is 71.5 Å². The molecule has 0 aromatic rings. The topological polar surface area (TPSA) is 67.4 Å². The van der Waals surface area contributed by atoms with E-state index in [2.05, 4.69) is 20.5 Å². The zero-order valence-corrected chi connectivity index (χ0v) is 18.7. The van der Waals surface area contributed by atoms with E-state index in [9.17, 15) is 0 Å². The first-order valence-corrected chi connectivity index (χ1v) is 9.66.